The number of aliphatic hydroxyl groups is 20. The molecule has 0 aromatic carbocycles. The van der Waals surface area contributed by atoms with Gasteiger partial charge in [-0.15, -0.1) is 0 Å². The van der Waals surface area contributed by atoms with E-state index in [-0.39, 0.29) is 19.3 Å². The molecule has 35 atom stereocenters. The van der Waals surface area contributed by atoms with E-state index >= 15 is 0 Å². The van der Waals surface area contributed by atoms with E-state index in [0.29, 0.717) is 19.3 Å². The monoisotopic (exact) mass is 1300 g/mol. The number of aliphatic hydroxyl groups excluding tert-OH is 20. The lowest BCUT2D eigenvalue weighted by molar-refractivity contribution is -0.396. The Morgan fingerprint density at radius 1 is 0.258 bits per heavy atom. The smallest absolute Gasteiger partial charge is 0.243 e. The summed E-state index contributed by atoms with van der Waals surface area (Å²) in [6.45, 7) is -7.06. The first-order valence-corrected chi connectivity index (χ1v) is 29.0. The fourth-order valence-electron chi connectivity index (χ4n) is 11.7. The predicted molar refractivity (Wildman–Crippen MR) is 272 cm³/mol. The number of amides is 2. The molecule has 21 rings (SSSR count). The average Bonchev–Trinajstić information content (AvgIpc) is 2.87. The standard InChI is InChI=1S/C50H84N2O37/c53-8-15-38-25(63)32(70)46(78-15)86-40-17(10-55)80-48(34(72)27(40)65)88-42-19(12-57)82-50(36(74)29(42)67)89-43-20(13-58)81-49(35(73)28(43)66)87-41-18(11-56)79-47(33(71)26(41)64)85-39-16(9-54)77-45(31(69)24(39)62)83-37-14(76-44(84-38)30(68)23(37)61)7-51-21(59)5-3-1-2-4-6-22(60)52-75/h14-20,23-50,53-58,61-75H,1-13H2,(H,51,59)(H,52,60)/t14-,15-,16-,17-,18-,19-,20-,23-,24-,25-,26-,27-,28-,29-,30-,31-,32-,33-,34-,35-,36-,37-,38-,39-,40-,41-,42-,43-,44-,45-,46-,47-,48-,49-,50-/m1/s1. The van der Waals surface area contributed by atoms with Gasteiger partial charge in [0.05, 0.1) is 39.6 Å². The fraction of sp³-hybridized carbons (Fsp3) is 0.960. The van der Waals surface area contributed by atoms with Crippen LogP contribution in [0.1, 0.15) is 38.5 Å². The number of hydroxylamine groups is 1. The Kier molecular flexibility index (Phi) is 26.3. The summed E-state index contributed by atoms with van der Waals surface area (Å²) in [4.78, 5) is 24.6. The number of carbonyl (C=O) groups excluding carboxylic acids is 2. The van der Waals surface area contributed by atoms with E-state index < -0.39 is 273 Å². The van der Waals surface area contributed by atoms with Crippen LogP contribution in [0.5, 0.6) is 0 Å². The molecule has 21 heterocycles. The molecular formula is C50H84N2O37. The molecule has 21 aliphatic rings. The average molecular weight is 1310 g/mol. The fourth-order valence-corrected chi connectivity index (χ4v) is 11.7. The van der Waals surface area contributed by atoms with Crippen LogP contribution in [0.25, 0.3) is 0 Å². The van der Waals surface area contributed by atoms with Crippen molar-refractivity contribution < 1.29 is 183 Å². The third-order valence-corrected chi connectivity index (χ3v) is 16.8. The quantitative estimate of drug-likeness (QED) is 0.0411. The second kappa shape index (κ2) is 32.3. The molecular weight excluding hydrogens is 1220 g/mol. The summed E-state index contributed by atoms with van der Waals surface area (Å²) in [5.74, 6) is -1.22. The van der Waals surface area contributed by atoms with Crippen molar-refractivity contribution in [2.45, 2.75) is 253 Å². The summed E-state index contributed by atoms with van der Waals surface area (Å²) < 4.78 is 80.9. The molecule has 0 saturated carbocycles. The summed E-state index contributed by atoms with van der Waals surface area (Å²) >= 11 is 0. The number of hydrogen-bond donors (Lipinski definition) is 23. The van der Waals surface area contributed by atoms with Gasteiger partial charge in [0.25, 0.3) is 0 Å². The lowest BCUT2D eigenvalue weighted by Crippen LogP contribution is -2.68. The number of unbranched alkanes of at least 4 members (excludes halogenated alkanes) is 3. The Labute approximate surface area is 504 Å². The van der Waals surface area contributed by atoms with Crippen LogP contribution in [-0.4, -0.2) is 380 Å². The van der Waals surface area contributed by atoms with Crippen LogP contribution in [-0.2, 0) is 75.9 Å². The zero-order valence-electron chi connectivity index (χ0n) is 47.3. The van der Waals surface area contributed by atoms with E-state index in [2.05, 4.69) is 5.32 Å². The van der Waals surface area contributed by atoms with Gasteiger partial charge in [0, 0.05) is 19.4 Å². The minimum atomic E-state index is -2.27. The summed E-state index contributed by atoms with van der Waals surface area (Å²) in [7, 11) is 0. The van der Waals surface area contributed by atoms with E-state index in [1.807, 2.05) is 0 Å². The third-order valence-electron chi connectivity index (χ3n) is 16.8. The van der Waals surface area contributed by atoms with Crippen molar-refractivity contribution in [3.8, 4) is 0 Å². The van der Waals surface area contributed by atoms with Crippen LogP contribution in [0, 0.1) is 0 Å². The van der Waals surface area contributed by atoms with Gasteiger partial charge in [0.1, 0.15) is 171 Å². The molecule has 0 aromatic rings. The lowest BCUT2D eigenvalue weighted by atomic mass is 9.95. The number of nitrogens with one attached hydrogen (secondary N) is 2. The number of hydrogen-bond acceptors (Lipinski definition) is 37. The molecule has 39 heteroatoms. The zero-order chi connectivity index (χ0) is 64.9. The van der Waals surface area contributed by atoms with Gasteiger partial charge in [-0.2, -0.15) is 0 Å². The molecule has 14 bridgehead atoms. The van der Waals surface area contributed by atoms with Gasteiger partial charge in [0.15, 0.2) is 44.0 Å². The Hall–Kier alpha value is -2.46. The second-order valence-corrected chi connectivity index (χ2v) is 22.7. The zero-order valence-corrected chi connectivity index (χ0v) is 47.3. The molecule has 23 N–H and O–H groups in total. The van der Waals surface area contributed by atoms with Crippen molar-refractivity contribution in [2.75, 3.05) is 46.2 Å². The minimum Gasteiger partial charge on any atom is -0.394 e. The normalized spacial score (nSPS) is 49.3. The van der Waals surface area contributed by atoms with E-state index in [9.17, 15) is 112 Å². The first-order valence-electron chi connectivity index (χ1n) is 29.0. The molecule has 0 spiro atoms. The van der Waals surface area contributed by atoms with Crippen LogP contribution in [0.2, 0.25) is 0 Å². The molecule has 21 fully saturated rings. The first-order chi connectivity index (χ1) is 42.4. The molecule has 0 radical (unpaired) electrons. The van der Waals surface area contributed by atoms with Crippen molar-refractivity contribution in [1.82, 2.24) is 10.8 Å². The van der Waals surface area contributed by atoms with Gasteiger partial charge < -0.3 is 174 Å². The maximum atomic E-state index is 13.2. The molecule has 21 saturated heterocycles. The summed E-state index contributed by atoms with van der Waals surface area (Å²) in [6, 6.07) is 0. The van der Waals surface area contributed by atoms with Gasteiger partial charge in [-0.25, -0.2) is 5.48 Å². The third kappa shape index (κ3) is 15.9. The molecule has 0 aliphatic carbocycles. The molecule has 0 unspecified atom stereocenters. The Balaban J connectivity index is 1.08. The van der Waals surface area contributed by atoms with E-state index in [0.717, 1.165) is 0 Å². The van der Waals surface area contributed by atoms with Crippen LogP contribution in [0.4, 0.5) is 0 Å². The van der Waals surface area contributed by atoms with Crippen LogP contribution < -0.4 is 10.8 Å². The lowest BCUT2D eigenvalue weighted by Gasteiger charge is -2.50. The minimum absolute atomic E-state index is 0.0201. The number of ether oxygens (including phenoxy) is 14. The van der Waals surface area contributed by atoms with Crippen LogP contribution in [0.3, 0.4) is 0 Å². The van der Waals surface area contributed by atoms with E-state index in [4.69, 9.17) is 71.5 Å². The summed E-state index contributed by atoms with van der Waals surface area (Å²) in [5, 5.41) is 235. The highest BCUT2D eigenvalue weighted by atomic mass is 16.8. The van der Waals surface area contributed by atoms with Crippen LogP contribution >= 0.6 is 0 Å². The van der Waals surface area contributed by atoms with Gasteiger partial charge in [0.2, 0.25) is 11.8 Å². The highest BCUT2D eigenvalue weighted by molar-refractivity contribution is 5.76. The Morgan fingerprint density at radius 3 is 0.652 bits per heavy atom. The van der Waals surface area contributed by atoms with Gasteiger partial charge >= 0.3 is 0 Å². The van der Waals surface area contributed by atoms with Crippen molar-refractivity contribution in [3.63, 3.8) is 0 Å². The van der Waals surface area contributed by atoms with E-state index in [1.165, 1.54) is 5.48 Å². The summed E-state index contributed by atoms with van der Waals surface area (Å²) in [6.07, 6.45) is -69.9. The van der Waals surface area contributed by atoms with Crippen molar-refractivity contribution in [1.29, 1.82) is 0 Å². The molecule has 21 aliphatic heterocycles. The second-order valence-electron chi connectivity index (χ2n) is 22.7. The number of carbonyl (C=O) groups is 2. The van der Waals surface area contributed by atoms with Gasteiger partial charge in [-0.3, -0.25) is 14.8 Å². The topological polar surface area (TPSA) is 612 Å². The van der Waals surface area contributed by atoms with Gasteiger partial charge in [-0.05, 0) is 12.8 Å². The molecule has 516 valence electrons. The molecule has 0 aromatic heterocycles. The maximum absolute atomic E-state index is 13.2. The maximum Gasteiger partial charge on any atom is 0.243 e. The molecule has 2 amide bonds. The highest BCUT2D eigenvalue weighted by Gasteiger charge is 2.59. The first kappa shape index (κ1) is 72.4. The van der Waals surface area contributed by atoms with Crippen LogP contribution in [0.15, 0.2) is 0 Å². The number of rotatable bonds is 15. The SMILES string of the molecule is O=C(CCCCCCC(=O)NC[C@H]1O[C@@H]2O[C@H]3[C@H](O)[C@@H](O)[C@@H](O[C@H]4[C@H](O)[C@@H](O)[C@@H](O[C@H]5[C@H](O)[C@@H](O)[C@@H](O[C@H]6[C@H](O)[C@@H](O)[C@@H](O[C@H]7[C@H](O)[C@@H](O)[C@@H](O[C@H]8[C@H](O)[C@@H](O)[C@@H](O[C@H]1[C@H](O)[C@H]2O)O[C@@H]8CO)O[C@@H]7CO)O[C@@H]6CO)O[C@@H]5CO)O[C@@H]4CO)O[C@@H]3CO)NO. The predicted octanol–water partition coefficient (Wildman–Crippen LogP) is -14.3. The van der Waals surface area contributed by atoms with Crippen molar-refractivity contribution >= 4 is 11.8 Å². The Morgan fingerprint density at radius 2 is 0.449 bits per heavy atom. The van der Waals surface area contributed by atoms with Crippen molar-refractivity contribution in [3.05, 3.63) is 0 Å². The summed E-state index contributed by atoms with van der Waals surface area (Å²) in [5.41, 5.74) is 1.51. The highest BCUT2D eigenvalue weighted by Crippen LogP contribution is 2.39. The Bertz CT molecular complexity index is 2170. The van der Waals surface area contributed by atoms with E-state index in [1.54, 1.807) is 0 Å². The van der Waals surface area contributed by atoms with Crippen molar-refractivity contribution in [2.24, 2.45) is 0 Å². The largest absolute Gasteiger partial charge is 0.394 e. The van der Waals surface area contributed by atoms with Gasteiger partial charge in [-0.1, -0.05) is 12.8 Å². The molecule has 89 heavy (non-hydrogen) atoms. The molecule has 39 nitrogen and oxygen atoms in total.